The molecule has 0 fully saturated rings. The number of rotatable bonds is 4. The second kappa shape index (κ2) is 3.67. The van der Waals surface area contributed by atoms with E-state index in [-0.39, 0.29) is 0 Å². The molecule has 0 saturated heterocycles. The summed E-state index contributed by atoms with van der Waals surface area (Å²) in [6.45, 7) is 0.875. The van der Waals surface area contributed by atoms with Crippen LogP contribution in [0.4, 0.5) is 0 Å². The Balaban J connectivity index is 4.83. The van der Waals surface area contributed by atoms with Gasteiger partial charge in [0.05, 0.1) is 0 Å². The zero-order valence-electron chi connectivity index (χ0n) is 7.01. The van der Waals surface area contributed by atoms with Crippen LogP contribution in [0.25, 0.3) is 0 Å². The summed E-state index contributed by atoms with van der Waals surface area (Å²) in [6.07, 6.45) is -1.42. The van der Waals surface area contributed by atoms with Crippen LogP contribution in [-0.2, 0) is 19.6 Å². The quantitative estimate of drug-likeness (QED) is 0.456. The van der Waals surface area contributed by atoms with E-state index in [9.17, 15) is 13.5 Å². The number of aliphatic hydroxyl groups is 1. The summed E-state index contributed by atoms with van der Waals surface area (Å²) in [5.74, 6) is 0. The van der Waals surface area contributed by atoms with E-state index in [1.54, 1.807) is 0 Å². The standard InChI is InChI=1S/C5H12O6S/c1-5(6,12(7,8)9)4(10-2)11-3/h4,6H,1-3H3,(H,7,8,9). The smallest absolute Gasteiger partial charge is 0.299 e. The van der Waals surface area contributed by atoms with Crippen molar-refractivity contribution in [1.82, 2.24) is 0 Å². The first-order valence-corrected chi connectivity index (χ1v) is 4.46. The van der Waals surface area contributed by atoms with Crippen molar-refractivity contribution in [3.63, 3.8) is 0 Å². The van der Waals surface area contributed by atoms with Crippen LogP contribution in [0.3, 0.4) is 0 Å². The number of methoxy groups -OCH3 is 2. The first-order chi connectivity index (χ1) is 5.27. The number of hydrogen-bond acceptors (Lipinski definition) is 5. The molecule has 0 aromatic heterocycles. The predicted molar refractivity (Wildman–Crippen MR) is 40.0 cm³/mol. The van der Waals surface area contributed by atoms with Gasteiger partial charge in [0.15, 0.2) is 0 Å². The van der Waals surface area contributed by atoms with E-state index in [1.807, 2.05) is 0 Å². The third-order valence-electron chi connectivity index (χ3n) is 1.39. The van der Waals surface area contributed by atoms with Crippen LogP contribution in [0.2, 0.25) is 0 Å². The van der Waals surface area contributed by atoms with Gasteiger partial charge in [0, 0.05) is 14.2 Å². The van der Waals surface area contributed by atoms with E-state index in [2.05, 4.69) is 9.47 Å². The van der Waals surface area contributed by atoms with E-state index in [0.29, 0.717) is 0 Å². The Bertz CT molecular complexity index is 226. The Morgan fingerprint density at radius 3 is 1.75 bits per heavy atom. The topological polar surface area (TPSA) is 93.1 Å². The molecule has 74 valence electrons. The Hall–Kier alpha value is -0.210. The third kappa shape index (κ3) is 2.14. The van der Waals surface area contributed by atoms with Crippen LogP contribution in [-0.4, -0.2) is 43.5 Å². The first-order valence-electron chi connectivity index (χ1n) is 3.02. The number of ether oxygens (including phenoxy) is 2. The second-order valence-corrected chi connectivity index (χ2v) is 4.11. The molecule has 2 N–H and O–H groups in total. The number of hydrogen-bond donors (Lipinski definition) is 2. The fourth-order valence-corrected chi connectivity index (χ4v) is 1.09. The Morgan fingerprint density at radius 1 is 1.33 bits per heavy atom. The Kier molecular flexibility index (Phi) is 3.60. The molecule has 0 rings (SSSR count). The van der Waals surface area contributed by atoms with E-state index in [0.717, 1.165) is 21.1 Å². The normalized spacial score (nSPS) is 17.8. The van der Waals surface area contributed by atoms with Gasteiger partial charge >= 0.3 is 0 Å². The van der Waals surface area contributed by atoms with E-state index >= 15 is 0 Å². The SMILES string of the molecule is COC(OC)C(C)(O)S(=O)(=O)O. The second-order valence-electron chi connectivity index (χ2n) is 2.33. The monoisotopic (exact) mass is 200 g/mol. The van der Waals surface area contributed by atoms with Gasteiger partial charge in [-0.05, 0) is 6.92 Å². The molecule has 1 atom stereocenters. The summed E-state index contributed by atoms with van der Waals surface area (Å²) in [5, 5.41) is 9.22. The Labute approximate surface area is 70.8 Å². The summed E-state index contributed by atoms with van der Waals surface area (Å²) in [5.41, 5.74) is 0. The highest BCUT2D eigenvalue weighted by atomic mass is 32.2. The minimum absolute atomic E-state index is 0.875. The van der Waals surface area contributed by atoms with Crippen molar-refractivity contribution < 1.29 is 27.6 Å². The van der Waals surface area contributed by atoms with Crippen LogP contribution in [0.5, 0.6) is 0 Å². The Morgan fingerprint density at radius 2 is 1.67 bits per heavy atom. The van der Waals surface area contributed by atoms with Gasteiger partial charge < -0.3 is 14.6 Å². The average molecular weight is 200 g/mol. The van der Waals surface area contributed by atoms with Crippen molar-refractivity contribution in [2.75, 3.05) is 14.2 Å². The molecule has 6 nitrogen and oxygen atoms in total. The summed E-state index contributed by atoms with van der Waals surface area (Å²) in [4.78, 5) is -2.46. The molecule has 0 aromatic rings. The molecule has 0 bridgehead atoms. The maximum atomic E-state index is 10.6. The van der Waals surface area contributed by atoms with E-state index in [1.165, 1.54) is 0 Å². The predicted octanol–water partition coefficient (Wildman–Crippen LogP) is -0.798. The minimum Gasteiger partial charge on any atom is -0.369 e. The van der Waals surface area contributed by atoms with Crippen molar-refractivity contribution in [1.29, 1.82) is 0 Å². The highest BCUT2D eigenvalue weighted by Crippen LogP contribution is 2.19. The van der Waals surface area contributed by atoms with Crippen LogP contribution >= 0.6 is 0 Å². The molecule has 0 aliphatic rings. The van der Waals surface area contributed by atoms with Crippen molar-refractivity contribution in [2.45, 2.75) is 18.1 Å². The molecule has 0 saturated carbocycles. The van der Waals surface area contributed by atoms with Crippen molar-refractivity contribution in [3.8, 4) is 0 Å². The summed E-state index contributed by atoms with van der Waals surface area (Å²) in [7, 11) is -2.33. The summed E-state index contributed by atoms with van der Waals surface area (Å²) < 4.78 is 38.6. The molecule has 0 amide bonds. The zero-order valence-corrected chi connectivity index (χ0v) is 7.83. The van der Waals surface area contributed by atoms with Gasteiger partial charge in [0.25, 0.3) is 10.1 Å². The van der Waals surface area contributed by atoms with Crippen LogP contribution in [0.15, 0.2) is 0 Å². The van der Waals surface area contributed by atoms with Crippen molar-refractivity contribution in [3.05, 3.63) is 0 Å². The van der Waals surface area contributed by atoms with Gasteiger partial charge in [0.2, 0.25) is 11.2 Å². The first kappa shape index (κ1) is 11.8. The lowest BCUT2D eigenvalue weighted by Gasteiger charge is -2.26. The molecular formula is C5H12O6S. The highest BCUT2D eigenvalue weighted by molar-refractivity contribution is 7.87. The van der Waals surface area contributed by atoms with Gasteiger partial charge in [-0.15, -0.1) is 0 Å². The average Bonchev–Trinajstić information content (AvgIpc) is 1.87. The van der Waals surface area contributed by atoms with Gasteiger partial charge in [0.1, 0.15) is 0 Å². The maximum absolute atomic E-state index is 10.6. The molecule has 0 aliphatic carbocycles. The van der Waals surface area contributed by atoms with Gasteiger partial charge in [-0.1, -0.05) is 0 Å². The van der Waals surface area contributed by atoms with Gasteiger partial charge in [-0.2, -0.15) is 8.42 Å². The molecule has 12 heavy (non-hydrogen) atoms. The lowest BCUT2D eigenvalue weighted by molar-refractivity contribution is -0.177. The molecule has 0 aliphatic heterocycles. The van der Waals surface area contributed by atoms with Crippen molar-refractivity contribution >= 4 is 10.1 Å². The van der Waals surface area contributed by atoms with Gasteiger partial charge in [-0.3, -0.25) is 4.55 Å². The zero-order chi connectivity index (χ0) is 9.99. The van der Waals surface area contributed by atoms with Gasteiger partial charge in [-0.25, -0.2) is 0 Å². The molecular weight excluding hydrogens is 188 g/mol. The third-order valence-corrected chi connectivity index (χ3v) is 2.62. The fraction of sp³-hybridized carbons (Fsp3) is 1.00. The lowest BCUT2D eigenvalue weighted by atomic mass is 10.4. The fourth-order valence-electron chi connectivity index (χ4n) is 0.655. The van der Waals surface area contributed by atoms with E-state index in [4.69, 9.17) is 4.55 Å². The summed E-state index contributed by atoms with van der Waals surface area (Å²) in [6, 6.07) is 0. The molecule has 0 radical (unpaired) electrons. The maximum Gasteiger partial charge on any atom is 0.299 e. The van der Waals surface area contributed by atoms with Crippen LogP contribution in [0.1, 0.15) is 6.92 Å². The molecule has 0 heterocycles. The minimum atomic E-state index is -4.62. The van der Waals surface area contributed by atoms with E-state index < -0.39 is 21.3 Å². The van der Waals surface area contributed by atoms with Crippen LogP contribution in [0, 0.1) is 0 Å². The molecule has 1 unspecified atom stereocenters. The lowest BCUT2D eigenvalue weighted by Crippen LogP contribution is -2.48. The summed E-state index contributed by atoms with van der Waals surface area (Å²) >= 11 is 0. The molecule has 0 spiro atoms. The molecule has 0 aromatic carbocycles. The largest absolute Gasteiger partial charge is 0.369 e. The molecule has 7 heteroatoms. The van der Waals surface area contributed by atoms with Crippen LogP contribution < -0.4 is 0 Å². The van der Waals surface area contributed by atoms with Crippen molar-refractivity contribution in [2.24, 2.45) is 0 Å². The highest BCUT2D eigenvalue weighted by Gasteiger charge is 2.44.